The molecule has 3 rings (SSSR count). The van der Waals surface area contributed by atoms with Crippen molar-refractivity contribution in [2.75, 3.05) is 43.2 Å². The van der Waals surface area contributed by atoms with Crippen molar-refractivity contribution >= 4 is 29.3 Å². The number of carbonyl (C=O) groups excluding carboxylic acids is 1. The van der Waals surface area contributed by atoms with Gasteiger partial charge < -0.3 is 25.6 Å². The summed E-state index contributed by atoms with van der Waals surface area (Å²) >= 11 is 0. The Morgan fingerprint density at radius 1 is 1.23 bits per heavy atom. The van der Waals surface area contributed by atoms with Crippen LogP contribution in [0, 0.1) is 5.82 Å². The van der Waals surface area contributed by atoms with Crippen LogP contribution in [0.1, 0.15) is 31.5 Å². The number of aliphatic imine (C=N–C) groups is 1. The van der Waals surface area contributed by atoms with Gasteiger partial charge in [0.2, 0.25) is 5.91 Å². The van der Waals surface area contributed by atoms with Crippen LogP contribution in [0.5, 0.6) is 5.75 Å². The van der Waals surface area contributed by atoms with Gasteiger partial charge in [0, 0.05) is 23.5 Å². The monoisotopic (exact) mass is 413 g/mol. The number of carbonyl (C=O) groups is 1. The van der Waals surface area contributed by atoms with Gasteiger partial charge in [-0.3, -0.25) is 4.79 Å². The number of nitrogens with zero attached hydrogens (tertiary/aromatic N) is 2. The molecule has 0 saturated heterocycles. The summed E-state index contributed by atoms with van der Waals surface area (Å²) in [5.41, 5.74) is 2.52. The molecule has 0 radical (unpaired) electrons. The first kappa shape index (κ1) is 21.6. The largest absolute Gasteiger partial charge is 0.493 e. The Balaban J connectivity index is 1.68. The number of amides is 1. The Kier molecular flexibility index (Phi) is 7.24. The number of anilines is 3. The fourth-order valence-electron chi connectivity index (χ4n) is 3.07. The fourth-order valence-corrected chi connectivity index (χ4v) is 3.07. The zero-order valence-electron chi connectivity index (χ0n) is 17.5. The van der Waals surface area contributed by atoms with Crippen LogP contribution < -0.4 is 20.7 Å². The molecule has 2 aromatic rings. The molecule has 0 aliphatic carbocycles. The molecule has 2 aromatic carbocycles. The van der Waals surface area contributed by atoms with E-state index in [4.69, 9.17) is 4.74 Å². The van der Waals surface area contributed by atoms with Gasteiger partial charge >= 0.3 is 0 Å². The van der Waals surface area contributed by atoms with Crippen LogP contribution in [0.25, 0.3) is 0 Å². The van der Waals surface area contributed by atoms with Crippen molar-refractivity contribution in [3.05, 3.63) is 47.8 Å². The maximum atomic E-state index is 14.8. The highest BCUT2D eigenvalue weighted by atomic mass is 19.1. The third-order valence-electron chi connectivity index (χ3n) is 4.52. The summed E-state index contributed by atoms with van der Waals surface area (Å²) in [5.74, 6) is 0.0316. The number of fused-ring (bicyclic) bond motifs is 1. The normalized spacial score (nSPS) is 14.8. The number of hydrogen-bond acceptors (Lipinski definition) is 6. The molecule has 1 aliphatic heterocycles. The zero-order valence-corrected chi connectivity index (χ0v) is 17.5. The first-order valence-electron chi connectivity index (χ1n) is 10.0. The van der Waals surface area contributed by atoms with E-state index in [2.05, 4.69) is 27.9 Å². The second-order valence-corrected chi connectivity index (χ2v) is 7.40. The van der Waals surface area contributed by atoms with Crippen molar-refractivity contribution in [2.45, 2.75) is 25.9 Å². The molecule has 0 saturated carbocycles. The van der Waals surface area contributed by atoms with Crippen molar-refractivity contribution in [1.82, 2.24) is 4.90 Å². The van der Waals surface area contributed by atoms with Crippen molar-refractivity contribution < 1.29 is 13.9 Å². The standard InChI is InChI=1S/C22H28FN5O2/c1-4-5-10-30-17-11-18(23)21-19(12-17)24-14-25-22(21)27-16-8-6-15(7-9-16)26-20(29)13-28(2)3/h6-9,11-12,14,22,27H,4-5,10,13H2,1-3H3,(H,24,25)(H,26,29). The number of halogens is 1. The minimum atomic E-state index is -0.569. The molecular formula is C22H28FN5O2. The van der Waals surface area contributed by atoms with Gasteiger partial charge in [0.05, 0.1) is 30.7 Å². The van der Waals surface area contributed by atoms with Gasteiger partial charge in [-0.25, -0.2) is 9.38 Å². The van der Waals surface area contributed by atoms with Gasteiger partial charge in [-0.1, -0.05) is 13.3 Å². The number of ether oxygens (including phenoxy) is 1. The summed E-state index contributed by atoms with van der Waals surface area (Å²) in [4.78, 5) is 18.0. The van der Waals surface area contributed by atoms with E-state index in [1.165, 1.54) is 6.07 Å². The molecule has 8 heteroatoms. The minimum Gasteiger partial charge on any atom is -0.493 e. The summed E-state index contributed by atoms with van der Waals surface area (Å²) in [6, 6.07) is 10.4. The summed E-state index contributed by atoms with van der Waals surface area (Å²) < 4.78 is 20.5. The highest BCUT2D eigenvalue weighted by Gasteiger charge is 2.23. The van der Waals surface area contributed by atoms with E-state index in [1.54, 1.807) is 29.4 Å². The average molecular weight is 413 g/mol. The molecule has 0 bridgehead atoms. The van der Waals surface area contributed by atoms with E-state index in [9.17, 15) is 9.18 Å². The number of benzene rings is 2. The van der Waals surface area contributed by atoms with E-state index < -0.39 is 6.17 Å². The van der Waals surface area contributed by atoms with Crippen molar-refractivity contribution in [3.63, 3.8) is 0 Å². The third kappa shape index (κ3) is 5.70. The SMILES string of the molecule is CCCCOc1cc(F)c2c(c1)NC=NC2Nc1ccc(NC(=O)CN(C)C)cc1. The quantitative estimate of drug-likeness (QED) is 0.540. The number of likely N-dealkylation sites (N-methyl/N-ethyl adjacent to an activating group) is 1. The van der Waals surface area contributed by atoms with E-state index in [0.717, 1.165) is 18.5 Å². The molecule has 0 aromatic heterocycles. The van der Waals surface area contributed by atoms with E-state index in [-0.39, 0.29) is 11.7 Å². The lowest BCUT2D eigenvalue weighted by atomic mass is 10.1. The van der Waals surface area contributed by atoms with Gasteiger partial charge in [0.25, 0.3) is 0 Å². The van der Waals surface area contributed by atoms with E-state index in [1.807, 2.05) is 26.2 Å². The van der Waals surface area contributed by atoms with Crippen LogP contribution >= 0.6 is 0 Å². The average Bonchev–Trinajstić information content (AvgIpc) is 2.69. The highest BCUT2D eigenvalue weighted by Crippen LogP contribution is 2.35. The van der Waals surface area contributed by atoms with Crippen LogP contribution in [0.15, 0.2) is 41.4 Å². The Hall–Kier alpha value is -3.13. The van der Waals surface area contributed by atoms with Gasteiger partial charge in [-0.15, -0.1) is 0 Å². The van der Waals surface area contributed by atoms with Gasteiger partial charge in [-0.2, -0.15) is 0 Å². The second kappa shape index (κ2) is 10.1. The molecule has 160 valence electrons. The summed E-state index contributed by atoms with van der Waals surface area (Å²) in [7, 11) is 3.67. The van der Waals surface area contributed by atoms with Gasteiger partial charge in [0.1, 0.15) is 11.6 Å². The Morgan fingerprint density at radius 2 is 1.97 bits per heavy atom. The number of hydrogen-bond donors (Lipinski definition) is 3. The molecule has 7 nitrogen and oxygen atoms in total. The first-order valence-corrected chi connectivity index (χ1v) is 10.0. The molecule has 1 aliphatic rings. The van der Waals surface area contributed by atoms with Crippen molar-refractivity contribution in [1.29, 1.82) is 0 Å². The fraction of sp³-hybridized carbons (Fsp3) is 0.364. The molecule has 1 heterocycles. The van der Waals surface area contributed by atoms with Crippen LogP contribution in [-0.4, -0.2) is 44.4 Å². The Labute approximate surface area is 176 Å². The maximum Gasteiger partial charge on any atom is 0.238 e. The second-order valence-electron chi connectivity index (χ2n) is 7.40. The summed E-state index contributed by atoms with van der Waals surface area (Å²) in [6.07, 6.45) is 2.91. The van der Waals surface area contributed by atoms with Crippen LogP contribution in [0.3, 0.4) is 0 Å². The zero-order chi connectivity index (χ0) is 21.5. The van der Waals surface area contributed by atoms with E-state index in [0.29, 0.717) is 35.8 Å². The maximum absolute atomic E-state index is 14.8. The summed E-state index contributed by atoms with van der Waals surface area (Å²) in [5, 5.41) is 9.05. The first-order chi connectivity index (χ1) is 14.5. The summed E-state index contributed by atoms with van der Waals surface area (Å²) in [6.45, 7) is 2.95. The van der Waals surface area contributed by atoms with Crippen molar-refractivity contribution in [2.24, 2.45) is 4.99 Å². The predicted octanol–water partition coefficient (Wildman–Crippen LogP) is 4.07. The molecule has 1 amide bonds. The van der Waals surface area contributed by atoms with Gasteiger partial charge in [-0.05, 0) is 44.8 Å². The molecule has 3 N–H and O–H groups in total. The number of nitrogens with one attached hydrogen (secondary N) is 3. The topological polar surface area (TPSA) is 78.0 Å². The lowest BCUT2D eigenvalue weighted by Gasteiger charge is -2.24. The van der Waals surface area contributed by atoms with Crippen LogP contribution in [0.2, 0.25) is 0 Å². The highest BCUT2D eigenvalue weighted by molar-refractivity contribution is 5.92. The molecule has 1 unspecified atom stereocenters. The number of unbranched alkanes of at least 4 members (excludes halogenated alkanes) is 1. The smallest absolute Gasteiger partial charge is 0.238 e. The minimum absolute atomic E-state index is 0.0865. The third-order valence-corrected chi connectivity index (χ3v) is 4.52. The Bertz CT molecular complexity index is 899. The molecule has 0 fully saturated rings. The lowest BCUT2D eigenvalue weighted by molar-refractivity contribution is -0.116. The van der Waals surface area contributed by atoms with Crippen molar-refractivity contribution in [3.8, 4) is 5.75 Å². The molecular weight excluding hydrogens is 385 g/mol. The predicted molar refractivity (Wildman–Crippen MR) is 119 cm³/mol. The lowest BCUT2D eigenvalue weighted by Crippen LogP contribution is -2.27. The molecule has 1 atom stereocenters. The van der Waals surface area contributed by atoms with E-state index >= 15 is 0 Å². The van der Waals surface area contributed by atoms with Gasteiger partial charge in [0.15, 0.2) is 6.17 Å². The molecule has 30 heavy (non-hydrogen) atoms. The Morgan fingerprint density at radius 3 is 2.67 bits per heavy atom. The van der Waals surface area contributed by atoms with Crippen LogP contribution in [-0.2, 0) is 4.79 Å². The molecule has 0 spiro atoms. The number of rotatable bonds is 9. The van der Waals surface area contributed by atoms with Crippen LogP contribution in [0.4, 0.5) is 21.5 Å².